The molecule has 7 nitrogen and oxygen atoms in total. The van der Waals surface area contributed by atoms with E-state index in [0.29, 0.717) is 11.8 Å². The molecular formula is C7H5NO6S-2. The summed E-state index contributed by atoms with van der Waals surface area (Å²) < 4.78 is 0. The van der Waals surface area contributed by atoms with E-state index in [0.717, 1.165) is 0 Å². The Bertz CT molecular complexity index is 340. The molecule has 1 rings (SSSR count). The molecule has 82 valence electrons. The van der Waals surface area contributed by atoms with Gasteiger partial charge in [0, 0.05) is 17.9 Å². The van der Waals surface area contributed by atoms with Crippen LogP contribution in [0, 0.1) is 5.92 Å². The topological polar surface area (TPSA) is 126 Å². The van der Waals surface area contributed by atoms with Crippen LogP contribution in [-0.4, -0.2) is 28.3 Å². The molecule has 0 saturated carbocycles. The van der Waals surface area contributed by atoms with E-state index in [1.54, 1.807) is 0 Å². The van der Waals surface area contributed by atoms with E-state index >= 15 is 0 Å². The van der Waals surface area contributed by atoms with E-state index in [-0.39, 0.29) is 0 Å². The van der Waals surface area contributed by atoms with E-state index in [9.17, 15) is 29.4 Å². The van der Waals surface area contributed by atoms with Crippen molar-refractivity contribution in [1.82, 2.24) is 5.32 Å². The molecule has 2 amide bonds. The average molecular weight is 231 g/mol. The molecule has 1 saturated heterocycles. The number of aliphatic carboxylic acids is 2. The van der Waals surface area contributed by atoms with Crippen molar-refractivity contribution in [3.63, 3.8) is 0 Å². The number of carbonyl (C=O) groups is 4. The molecule has 0 aromatic rings. The number of nitrogens with one attached hydrogen (secondary N) is 1. The highest BCUT2D eigenvalue weighted by Gasteiger charge is 2.38. The Morgan fingerprint density at radius 1 is 1.40 bits per heavy atom. The first-order valence-electron chi connectivity index (χ1n) is 3.84. The Morgan fingerprint density at radius 2 is 2.00 bits per heavy atom. The number of hydrogen-bond acceptors (Lipinski definition) is 7. The number of carboxylic acids is 2. The van der Waals surface area contributed by atoms with Gasteiger partial charge < -0.3 is 19.8 Å². The molecule has 1 aliphatic heterocycles. The number of thioether (sulfide) groups is 1. The lowest BCUT2D eigenvalue weighted by molar-refractivity contribution is -0.320. The summed E-state index contributed by atoms with van der Waals surface area (Å²) in [6.45, 7) is 0. The molecule has 0 radical (unpaired) electrons. The third kappa shape index (κ3) is 2.69. The highest BCUT2D eigenvalue weighted by molar-refractivity contribution is 8.15. The van der Waals surface area contributed by atoms with Crippen molar-refractivity contribution in [2.45, 2.75) is 11.7 Å². The van der Waals surface area contributed by atoms with Gasteiger partial charge in [-0.05, 0) is 6.42 Å². The maximum atomic E-state index is 11.1. The second-order valence-electron chi connectivity index (χ2n) is 2.82. The molecule has 1 heterocycles. The maximum Gasteiger partial charge on any atom is 0.286 e. The van der Waals surface area contributed by atoms with Gasteiger partial charge in [0.1, 0.15) is 5.25 Å². The first-order chi connectivity index (χ1) is 6.91. The number of amides is 2. The maximum absolute atomic E-state index is 11.1. The number of hydrogen-bond donors (Lipinski definition) is 1. The van der Waals surface area contributed by atoms with E-state index < -0.39 is 40.7 Å². The zero-order valence-electron chi connectivity index (χ0n) is 7.22. The second kappa shape index (κ2) is 4.30. The fraction of sp³-hybridized carbons (Fsp3) is 0.429. The molecule has 0 spiro atoms. The van der Waals surface area contributed by atoms with Crippen LogP contribution in [0.4, 0.5) is 4.79 Å². The van der Waals surface area contributed by atoms with Gasteiger partial charge in [0.2, 0.25) is 5.91 Å². The average Bonchev–Trinajstić information content (AvgIpc) is 2.40. The van der Waals surface area contributed by atoms with E-state index in [2.05, 4.69) is 0 Å². The fourth-order valence-electron chi connectivity index (χ4n) is 1.13. The summed E-state index contributed by atoms with van der Waals surface area (Å²) in [5.74, 6) is -5.69. The lowest BCUT2D eigenvalue weighted by atomic mass is 10.0. The van der Waals surface area contributed by atoms with Gasteiger partial charge in [0.05, 0.1) is 0 Å². The van der Waals surface area contributed by atoms with Gasteiger partial charge in [-0.15, -0.1) is 0 Å². The summed E-state index contributed by atoms with van der Waals surface area (Å²) in [7, 11) is 0. The molecule has 8 heteroatoms. The van der Waals surface area contributed by atoms with Crippen LogP contribution in [0.3, 0.4) is 0 Å². The predicted octanol–water partition coefficient (Wildman–Crippen LogP) is -3.16. The molecule has 15 heavy (non-hydrogen) atoms. The monoisotopic (exact) mass is 231 g/mol. The molecular weight excluding hydrogens is 226 g/mol. The van der Waals surface area contributed by atoms with Crippen LogP contribution in [0.5, 0.6) is 0 Å². The molecule has 0 aromatic carbocycles. The van der Waals surface area contributed by atoms with Crippen molar-refractivity contribution in [3.05, 3.63) is 0 Å². The quantitative estimate of drug-likeness (QED) is 0.541. The predicted molar refractivity (Wildman–Crippen MR) is 43.0 cm³/mol. The van der Waals surface area contributed by atoms with Crippen LogP contribution in [0.25, 0.3) is 0 Å². The van der Waals surface area contributed by atoms with Gasteiger partial charge in [-0.3, -0.25) is 14.9 Å². The second-order valence-corrected chi connectivity index (χ2v) is 3.93. The normalized spacial score (nSPS) is 22.3. The van der Waals surface area contributed by atoms with Crippen molar-refractivity contribution >= 4 is 34.8 Å². The SMILES string of the molecule is O=C([O-])C[C@@H](C(=O)[O-])[C@@H]1SC(=O)NC1=O. The molecule has 0 aliphatic carbocycles. The lowest BCUT2D eigenvalue weighted by Gasteiger charge is -2.21. The van der Waals surface area contributed by atoms with Crippen molar-refractivity contribution in [2.24, 2.45) is 5.92 Å². The third-order valence-corrected chi connectivity index (χ3v) is 2.89. The fourth-order valence-corrected chi connectivity index (χ4v) is 2.06. The first kappa shape index (κ1) is 11.5. The minimum Gasteiger partial charge on any atom is -0.550 e. The highest BCUT2D eigenvalue weighted by Crippen LogP contribution is 2.27. The number of carbonyl (C=O) groups excluding carboxylic acids is 4. The van der Waals surface area contributed by atoms with Crippen LogP contribution in [0.15, 0.2) is 0 Å². The molecule has 0 aromatic heterocycles. The standard InChI is InChI=1S/C7H7NO6S/c9-3(10)1-2(6(12)13)4-5(11)8-7(14)15-4/h2,4H,1H2,(H,9,10)(H,12,13)(H,8,11,14)/p-2/t2-,4+/m1/s1. The van der Waals surface area contributed by atoms with E-state index in [4.69, 9.17) is 0 Å². The van der Waals surface area contributed by atoms with E-state index in [1.165, 1.54) is 0 Å². The summed E-state index contributed by atoms with van der Waals surface area (Å²) in [6, 6.07) is 0. The van der Waals surface area contributed by atoms with Crippen molar-refractivity contribution in [3.8, 4) is 0 Å². The highest BCUT2D eigenvalue weighted by atomic mass is 32.2. The summed E-state index contributed by atoms with van der Waals surface area (Å²) in [4.78, 5) is 42.6. The molecule has 1 aliphatic rings. The van der Waals surface area contributed by atoms with Gasteiger partial charge in [-0.1, -0.05) is 11.8 Å². The van der Waals surface area contributed by atoms with Gasteiger partial charge in [-0.2, -0.15) is 0 Å². The zero-order chi connectivity index (χ0) is 11.6. The summed E-state index contributed by atoms with van der Waals surface area (Å²) in [6.07, 6.45) is -0.860. The summed E-state index contributed by atoms with van der Waals surface area (Å²) in [5, 5.41) is 20.7. The van der Waals surface area contributed by atoms with Crippen LogP contribution >= 0.6 is 11.8 Å². The Labute approximate surface area is 87.8 Å². The van der Waals surface area contributed by atoms with Crippen LogP contribution in [0.2, 0.25) is 0 Å². The first-order valence-corrected chi connectivity index (χ1v) is 4.72. The minimum atomic E-state index is -1.69. The smallest absolute Gasteiger partial charge is 0.286 e. The van der Waals surface area contributed by atoms with Gasteiger partial charge in [0.15, 0.2) is 0 Å². The number of carboxylic acid groups (broad SMARTS) is 2. The van der Waals surface area contributed by atoms with Crippen molar-refractivity contribution in [1.29, 1.82) is 0 Å². The Balaban J connectivity index is 2.80. The number of imide groups is 1. The lowest BCUT2D eigenvalue weighted by Crippen LogP contribution is -2.44. The third-order valence-electron chi connectivity index (χ3n) is 1.77. The summed E-state index contributed by atoms with van der Waals surface area (Å²) >= 11 is 0.441. The van der Waals surface area contributed by atoms with Crippen LogP contribution < -0.4 is 15.5 Å². The molecule has 2 atom stereocenters. The molecule has 0 unspecified atom stereocenters. The minimum absolute atomic E-state index is 0.441. The van der Waals surface area contributed by atoms with Gasteiger partial charge in [0.25, 0.3) is 5.24 Å². The Morgan fingerprint density at radius 3 is 2.33 bits per heavy atom. The van der Waals surface area contributed by atoms with Crippen molar-refractivity contribution in [2.75, 3.05) is 0 Å². The number of rotatable bonds is 4. The van der Waals surface area contributed by atoms with Gasteiger partial charge >= 0.3 is 0 Å². The molecule has 0 bridgehead atoms. The van der Waals surface area contributed by atoms with Crippen molar-refractivity contribution < 1.29 is 29.4 Å². The van der Waals surface area contributed by atoms with Crippen LogP contribution in [0.1, 0.15) is 6.42 Å². The van der Waals surface area contributed by atoms with Gasteiger partial charge in [-0.25, -0.2) is 0 Å². The summed E-state index contributed by atoms with van der Waals surface area (Å²) in [5.41, 5.74) is 0. The molecule has 1 N–H and O–H groups in total. The largest absolute Gasteiger partial charge is 0.550 e. The Kier molecular flexibility index (Phi) is 3.30. The van der Waals surface area contributed by atoms with Crippen LogP contribution in [-0.2, 0) is 14.4 Å². The Hall–Kier alpha value is -1.57. The zero-order valence-corrected chi connectivity index (χ0v) is 8.04. The molecule has 1 fully saturated rings. The van der Waals surface area contributed by atoms with E-state index in [1.807, 2.05) is 5.32 Å².